The second-order valence-electron chi connectivity index (χ2n) is 6.80. The molecule has 1 atom stereocenters. The first-order chi connectivity index (χ1) is 11.2. The first kappa shape index (κ1) is 18.0. The molecule has 1 saturated carbocycles. The molecule has 0 bridgehead atoms. The lowest BCUT2D eigenvalue weighted by molar-refractivity contribution is -0.121. The Balaban J connectivity index is 1.41. The van der Waals surface area contributed by atoms with Gasteiger partial charge in [0.25, 0.3) is 0 Å². The normalized spacial score (nSPS) is 21.8. The lowest BCUT2D eigenvalue weighted by Crippen LogP contribution is -2.43. The number of carbonyl (C=O) groups excluding carboxylic acids is 2. The zero-order valence-electron chi connectivity index (χ0n) is 14.2. The first-order valence-electron chi connectivity index (χ1n) is 9.28. The summed E-state index contributed by atoms with van der Waals surface area (Å²) in [5.74, 6) is 0.154. The summed E-state index contributed by atoms with van der Waals surface area (Å²) in [4.78, 5) is 23.5. The van der Waals surface area contributed by atoms with Gasteiger partial charge in [-0.05, 0) is 38.6 Å². The van der Waals surface area contributed by atoms with Crippen molar-refractivity contribution in [2.24, 2.45) is 0 Å². The van der Waals surface area contributed by atoms with Crippen molar-refractivity contribution in [2.75, 3.05) is 19.6 Å². The largest absolute Gasteiger partial charge is 0.352 e. The van der Waals surface area contributed by atoms with E-state index in [1.54, 1.807) is 0 Å². The highest BCUT2D eigenvalue weighted by atomic mass is 16.2. The van der Waals surface area contributed by atoms with Crippen molar-refractivity contribution in [2.45, 2.75) is 76.3 Å². The fraction of sp³-hybridized carbons (Fsp3) is 0.882. The maximum atomic E-state index is 11.8. The molecule has 3 amide bonds. The molecule has 0 spiro atoms. The van der Waals surface area contributed by atoms with Gasteiger partial charge in [-0.25, -0.2) is 4.79 Å². The van der Waals surface area contributed by atoms with Gasteiger partial charge in [0.15, 0.2) is 0 Å². The minimum absolute atomic E-state index is 0.0385. The summed E-state index contributed by atoms with van der Waals surface area (Å²) < 4.78 is 0. The zero-order valence-corrected chi connectivity index (χ0v) is 14.2. The van der Waals surface area contributed by atoms with E-state index in [2.05, 4.69) is 21.3 Å². The Morgan fingerprint density at radius 1 is 0.913 bits per heavy atom. The number of carbonyl (C=O) groups is 2. The molecular weight excluding hydrogens is 292 g/mol. The van der Waals surface area contributed by atoms with Gasteiger partial charge in [0.05, 0.1) is 0 Å². The zero-order chi connectivity index (χ0) is 16.3. The van der Waals surface area contributed by atoms with E-state index in [0.29, 0.717) is 25.0 Å². The highest BCUT2D eigenvalue weighted by molar-refractivity contribution is 5.76. The van der Waals surface area contributed by atoms with Crippen LogP contribution in [0.1, 0.15) is 64.2 Å². The predicted molar refractivity (Wildman–Crippen MR) is 91.3 cm³/mol. The number of amides is 3. The van der Waals surface area contributed by atoms with E-state index < -0.39 is 0 Å². The van der Waals surface area contributed by atoms with Gasteiger partial charge in [-0.2, -0.15) is 0 Å². The summed E-state index contributed by atoms with van der Waals surface area (Å²) in [5.41, 5.74) is 0. The average molecular weight is 324 g/mol. The van der Waals surface area contributed by atoms with Crippen LogP contribution < -0.4 is 21.3 Å². The lowest BCUT2D eigenvalue weighted by atomic mass is 9.96. The number of rotatable bonds is 8. The molecule has 0 aromatic carbocycles. The van der Waals surface area contributed by atoms with Crippen molar-refractivity contribution in [3.63, 3.8) is 0 Å². The molecule has 1 unspecified atom stereocenters. The van der Waals surface area contributed by atoms with Gasteiger partial charge >= 0.3 is 6.03 Å². The van der Waals surface area contributed by atoms with Crippen LogP contribution in [0, 0.1) is 0 Å². The van der Waals surface area contributed by atoms with Gasteiger partial charge in [0.2, 0.25) is 5.91 Å². The van der Waals surface area contributed by atoms with E-state index in [1.165, 1.54) is 19.3 Å². The number of hydrogen-bond donors (Lipinski definition) is 4. The van der Waals surface area contributed by atoms with Gasteiger partial charge in [-0.15, -0.1) is 0 Å². The average Bonchev–Trinajstić information content (AvgIpc) is 3.04. The Hall–Kier alpha value is -1.30. The summed E-state index contributed by atoms with van der Waals surface area (Å²) in [6.45, 7) is 2.58. The third-order valence-corrected chi connectivity index (χ3v) is 4.73. The third-order valence-electron chi connectivity index (χ3n) is 4.73. The van der Waals surface area contributed by atoms with Crippen LogP contribution in [0.15, 0.2) is 0 Å². The summed E-state index contributed by atoms with van der Waals surface area (Å²) in [6, 6.07) is 0.633. The molecule has 1 aliphatic heterocycles. The van der Waals surface area contributed by atoms with Crippen LogP contribution in [0.5, 0.6) is 0 Å². The summed E-state index contributed by atoms with van der Waals surface area (Å²) >= 11 is 0. The molecule has 4 N–H and O–H groups in total. The highest BCUT2D eigenvalue weighted by Crippen LogP contribution is 2.17. The molecule has 2 aliphatic rings. The van der Waals surface area contributed by atoms with Crippen molar-refractivity contribution >= 4 is 11.9 Å². The molecule has 2 rings (SSSR count). The number of unbranched alkanes of at least 4 members (excludes halogenated alkanes) is 2. The second-order valence-corrected chi connectivity index (χ2v) is 6.80. The lowest BCUT2D eigenvalue weighted by Gasteiger charge is -2.22. The Morgan fingerprint density at radius 3 is 2.48 bits per heavy atom. The summed E-state index contributed by atoms with van der Waals surface area (Å²) in [6.07, 6.45) is 10.4. The van der Waals surface area contributed by atoms with Gasteiger partial charge in [-0.3, -0.25) is 4.79 Å². The van der Waals surface area contributed by atoms with Crippen molar-refractivity contribution in [3.05, 3.63) is 0 Å². The van der Waals surface area contributed by atoms with Gasteiger partial charge < -0.3 is 21.3 Å². The smallest absolute Gasteiger partial charge is 0.315 e. The molecule has 0 aromatic rings. The van der Waals surface area contributed by atoms with Gasteiger partial charge in [-0.1, -0.05) is 25.7 Å². The Kier molecular flexibility index (Phi) is 8.21. The third kappa shape index (κ3) is 7.68. The van der Waals surface area contributed by atoms with E-state index in [0.717, 1.165) is 51.6 Å². The first-order valence-corrected chi connectivity index (χ1v) is 9.28. The van der Waals surface area contributed by atoms with Crippen LogP contribution in [0.2, 0.25) is 0 Å². The maximum Gasteiger partial charge on any atom is 0.315 e. The fourth-order valence-corrected chi connectivity index (χ4v) is 3.35. The maximum absolute atomic E-state index is 11.8. The topological polar surface area (TPSA) is 82.3 Å². The van der Waals surface area contributed by atoms with E-state index in [4.69, 9.17) is 0 Å². The molecule has 0 aromatic heterocycles. The Labute approximate surface area is 139 Å². The van der Waals surface area contributed by atoms with Gasteiger partial charge in [0.1, 0.15) is 0 Å². The second kappa shape index (κ2) is 10.5. The molecule has 1 saturated heterocycles. The van der Waals surface area contributed by atoms with E-state index in [-0.39, 0.29) is 11.9 Å². The summed E-state index contributed by atoms with van der Waals surface area (Å²) in [5, 5.41) is 12.3. The van der Waals surface area contributed by atoms with E-state index >= 15 is 0 Å². The van der Waals surface area contributed by atoms with Crippen LogP contribution >= 0.6 is 0 Å². The Morgan fingerprint density at radius 2 is 1.74 bits per heavy atom. The SMILES string of the molecule is O=C(CCCCCNC(=O)NC1CCCCC1)NC1CCNC1. The Bertz CT molecular complexity index is 364. The monoisotopic (exact) mass is 324 g/mol. The van der Waals surface area contributed by atoms with Gasteiger partial charge in [0, 0.05) is 31.6 Å². The fourth-order valence-electron chi connectivity index (χ4n) is 3.35. The quantitative estimate of drug-likeness (QED) is 0.513. The molecule has 6 nitrogen and oxygen atoms in total. The van der Waals surface area contributed by atoms with Crippen molar-refractivity contribution in [1.82, 2.24) is 21.3 Å². The highest BCUT2D eigenvalue weighted by Gasteiger charge is 2.16. The standard InChI is InChI=1S/C17H32N4O2/c22-16(20-15-10-12-18-13-15)9-5-2-6-11-19-17(23)21-14-7-3-1-4-8-14/h14-15,18H,1-13H2,(H,20,22)(H2,19,21,23). The van der Waals surface area contributed by atoms with E-state index in [9.17, 15) is 9.59 Å². The molecule has 1 aliphatic carbocycles. The van der Waals surface area contributed by atoms with Crippen LogP contribution in [0.25, 0.3) is 0 Å². The molecule has 0 radical (unpaired) electrons. The molecule has 1 heterocycles. The minimum atomic E-state index is -0.0385. The number of nitrogens with one attached hydrogen (secondary N) is 4. The van der Waals surface area contributed by atoms with Crippen LogP contribution in [0.4, 0.5) is 4.79 Å². The van der Waals surface area contributed by atoms with Crippen molar-refractivity contribution in [3.8, 4) is 0 Å². The van der Waals surface area contributed by atoms with Crippen LogP contribution in [-0.2, 0) is 4.79 Å². The molecule has 23 heavy (non-hydrogen) atoms. The van der Waals surface area contributed by atoms with Crippen molar-refractivity contribution < 1.29 is 9.59 Å². The van der Waals surface area contributed by atoms with Crippen LogP contribution in [0.3, 0.4) is 0 Å². The number of hydrogen-bond acceptors (Lipinski definition) is 3. The molecule has 2 fully saturated rings. The molecule has 6 heteroatoms. The minimum Gasteiger partial charge on any atom is -0.352 e. The molecule has 132 valence electrons. The predicted octanol–water partition coefficient (Wildman–Crippen LogP) is 1.66. The number of urea groups is 1. The van der Waals surface area contributed by atoms with Crippen LogP contribution in [-0.4, -0.2) is 43.7 Å². The van der Waals surface area contributed by atoms with Crippen molar-refractivity contribution in [1.29, 1.82) is 0 Å². The molecular formula is C17H32N4O2. The summed E-state index contributed by atoms with van der Waals surface area (Å²) in [7, 11) is 0. The van der Waals surface area contributed by atoms with E-state index in [1.807, 2.05) is 0 Å².